The maximum Gasteiger partial charge on any atom is 0.251 e. The Hall–Kier alpha value is -1.08. The standard InChI is InChI=1S/C18H26F2N2O2S/c19-18(20)8-2-1-5-17(18)14-25(23,24)22-10-6-15(7-11-22)12-16-4-3-9-21-13-16/h3-4,9,13,15,17H,1-2,5-8,10-12,14H2. The van der Waals surface area contributed by atoms with E-state index in [-0.39, 0.29) is 6.42 Å². The Morgan fingerprint density at radius 3 is 2.60 bits per heavy atom. The molecule has 1 atom stereocenters. The van der Waals surface area contributed by atoms with E-state index in [1.807, 2.05) is 18.3 Å². The van der Waals surface area contributed by atoms with Crippen LogP contribution in [0.15, 0.2) is 24.5 Å². The van der Waals surface area contributed by atoms with Gasteiger partial charge in [-0.2, -0.15) is 0 Å². The third-order valence-electron chi connectivity index (χ3n) is 5.54. The van der Waals surface area contributed by atoms with Crippen molar-refractivity contribution in [3.63, 3.8) is 0 Å². The summed E-state index contributed by atoms with van der Waals surface area (Å²) in [6, 6.07) is 3.93. The number of alkyl halides is 2. The summed E-state index contributed by atoms with van der Waals surface area (Å²) in [5, 5.41) is 0. The summed E-state index contributed by atoms with van der Waals surface area (Å²) in [6.45, 7) is 0.872. The van der Waals surface area contributed by atoms with Crippen LogP contribution >= 0.6 is 0 Å². The normalized spacial score (nSPS) is 25.8. The lowest BCUT2D eigenvalue weighted by Crippen LogP contribution is -2.44. The molecule has 0 N–H and O–H groups in total. The van der Waals surface area contributed by atoms with Crippen molar-refractivity contribution < 1.29 is 17.2 Å². The summed E-state index contributed by atoms with van der Waals surface area (Å²) < 4.78 is 54.6. The van der Waals surface area contributed by atoms with E-state index in [9.17, 15) is 17.2 Å². The molecular formula is C18H26F2N2O2S. The molecule has 1 saturated heterocycles. The molecule has 3 rings (SSSR count). The first-order valence-corrected chi connectivity index (χ1v) is 10.7. The van der Waals surface area contributed by atoms with Crippen molar-refractivity contribution in [3.8, 4) is 0 Å². The number of sulfonamides is 1. The molecule has 1 aromatic rings. The number of nitrogens with zero attached hydrogens (tertiary/aromatic N) is 2. The van der Waals surface area contributed by atoms with E-state index in [2.05, 4.69) is 4.98 Å². The van der Waals surface area contributed by atoms with Crippen LogP contribution in [-0.4, -0.2) is 42.5 Å². The Morgan fingerprint density at radius 1 is 1.20 bits per heavy atom. The average molecular weight is 372 g/mol. The first-order chi connectivity index (χ1) is 11.9. The average Bonchev–Trinajstić information content (AvgIpc) is 2.58. The molecule has 0 bridgehead atoms. The fourth-order valence-corrected chi connectivity index (χ4v) is 5.87. The van der Waals surface area contributed by atoms with E-state index in [0.29, 0.717) is 38.3 Å². The molecule has 0 spiro atoms. The molecule has 2 heterocycles. The molecule has 7 heteroatoms. The van der Waals surface area contributed by atoms with Crippen molar-refractivity contribution in [1.29, 1.82) is 0 Å². The number of hydrogen-bond acceptors (Lipinski definition) is 3. The first kappa shape index (κ1) is 18.7. The maximum atomic E-state index is 14.0. The van der Waals surface area contributed by atoms with Crippen molar-refractivity contribution in [2.45, 2.75) is 50.9 Å². The van der Waals surface area contributed by atoms with Gasteiger partial charge in [0.15, 0.2) is 0 Å². The molecule has 2 aliphatic rings. The van der Waals surface area contributed by atoms with Crippen LogP contribution in [-0.2, 0) is 16.4 Å². The number of pyridine rings is 1. The highest BCUT2D eigenvalue weighted by molar-refractivity contribution is 7.89. The van der Waals surface area contributed by atoms with Gasteiger partial charge in [0.2, 0.25) is 10.0 Å². The Balaban J connectivity index is 1.54. The molecule has 25 heavy (non-hydrogen) atoms. The van der Waals surface area contributed by atoms with Gasteiger partial charge in [-0.3, -0.25) is 4.98 Å². The van der Waals surface area contributed by atoms with E-state index in [0.717, 1.165) is 24.8 Å². The lowest BCUT2D eigenvalue weighted by atomic mass is 9.87. The molecular weight excluding hydrogens is 346 g/mol. The second-order valence-corrected chi connectivity index (χ2v) is 9.40. The summed E-state index contributed by atoms with van der Waals surface area (Å²) in [5.74, 6) is -3.86. The van der Waals surface area contributed by atoms with Gasteiger partial charge in [0, 0.05) is 37.8 Å². The van der Waals surface area contributed by atoms with Crippen molar-refractivity contribution in [3.05, 3.63) is 30.1 Å². The van der Waals surface area contributed by atoms with Crippen LogP contribution in [0.3, 0.4) is 0 Å². The van der Waals surface area contributed by atoms with Crippen LogP contribution in [0.5, 0.6) is 0 Å². The minimum atomic E-state index is -3.61. The van der Waals surface area contributed by atoms with Gasteiger partial charge in [0.25, 0.3) is 5.92 Å². The molecule has 0 aromatic carbocycles. The van der Waals surface area contributed by atoms with Crippen LogP contribution in [0.25, 0.3) is 0 Å². The fourth-order valence-electron chi connectivity index (χ4n) is 3.98. The second kappa shape index (κ2) is 7.66. The third-order valence-corrected chi connectivity index (χ3v) is 7.51. The minimum Gasteiger partial charge on any atom is -0.264 e. The van der Waals surface area contributed by atoms with Crippen molar-refractivity contribution in [2.75, 3.05) is 18.8 Å². The molecule has 1 aromatic heterocycles. The number of piperidine rings is 1. The van der Waals surface area contributed by atoms with Gasteiger partial charge < -0.3 is 0 Å². The molecule has 1 saturated carbocycles. The quantitative estimate of drug-likeness (QED) is 0.795. The number of hydrogen-bond donors (Lipinski definition) is 0. The lowest BCUT2D eigenvalue weighted by molar-refractivity contribution is -0.0773. The second-order valence-electron chi connectivity index (χ2n) is 7.39. The van der Waals surface area contributed by atoms with Gasteiger partial charge in [-0.25, -0.2) is 21.5 Å². The Kier molecular flexibility index (Phi) is 5.73. The molecule has 4 nitrogen and oxygen atoms in total. The molecule has 0 amide bonds. The predicted octanol–water partition coefficient (Wildman–Crippen LogP) is 3.49. The number of rotatable bonds is 5. The Bertz CT molecular complexity index is 659. The molecule has 2 fully saturated rings. The van der Waals surface area contributed by atoms with Gasteiger partial charge in [-0.1, -0.05) is 12.5 Å². The topological polar surface area (TPSA) is 50.3 Å². The summed E-state index contributed by atoms with van der Waals surface area (Å²) in [7, 11) is -3.61. The highest BCUT2D eigenvalue weighted by Gasteiger charge is 2.44. The van der Waals surface area contributed by atoms with E-state index in [1.165, 1.54) is 4.31 Å². The maximum absolute atomic E-state index is 14.0. The SMILES string of the molecule is O=S(=O)(CC1CCCCC1(F)F)N1CCC(Cc2cccnc2)CC1. The molecule has 1 aliphatic heterocycles. The van der Waals surface area contributed by atoms with Crippen LogP contribution in [0.4, 0.5) is 8.78 Å². The van der Waals surface area contributed by atoms with E-state index in [1.54, 1.807) is 6.20 Å². The van der Waals surface area contributed by atoms with E-state index in [4.69, 9.17) is 0 Å². The predicted molar refractivity (Wildman–Crippen MR) is 92.9 cm³/mol. The number of halogens is 2. The lowest BCUT2D eigenvalue weighted by Gasteiger charge is -2.35. The molecule has 1 unspecified atom stereocenters. The third kappa shape index (κ3) is 4.76. The molecule has 0 radical (unpaired) electrons. The van der Waals surface area contributed by atoms with E-state index < -0.39 is 27.6 Å². The highest BCUT2D eigenvalue weighted by atomic mass is 32.2. The summed E-state index contributed by atoms with van der Waals surface area (Å²) >= 11 is 0. The summed E-state index contributed by atoms with van der Waals surface area (Å²) in [6.07, 6.45) is 7.33. The van der Waals surface area contributed by atoms with Crippen LogP contribution in [0, 0.1) is 11.8 Å². The Labute approximate surface area is 148 Å². The number of aromatic nitrogens is 1. The van der Waals surface area contributed by atoms with Gasteiger partial charge in [0.1, 0.15) is 0 Å². The smallest absolute Gasteiger partial charge is 0.251 e. The van der Waals surface area contributed by atoms with E-state index >= 15 is 0 Å². The van der Waals surface area contributed by atoms with Crippen LogP contribution in [0.2, 0.25) is 0 Å². The summed E-state index contributed by atoms with van der Waals surface area (Å²) in [4.78, 5) is 4.11. The fraction of sp³-hybridized carbons (Fsp3) is 0.722. The zero-order chi connectivity index (χ0) is 17.9. The zero-order valence-electron chi connectivity index (χ0n) is 14.4. The summed E-state index contributed by atoms with van der Waals surface area (Å²) in [5.41, 5.74) is 1.16. The van der Waals surface area contributed by atoms with Crippen molar-refractivity contribution in [2.24, 2.45) is 11.8 Å². The molecule has 1 aliphatic carbocycles. The van der Waals surface area contributed by atoms with Gasteiger partial charge in [-0.15, -0.1) is 0 Å². The monoisotopic (exact) mass is 372 g/mol. The Morgan fingerprint density at radius 2 is 1.96 bits per heavy atom. The van der Waals surface area contributed by atoms with Crippen molar-refractivity contribution >= 4 is 10.0 Å². The highest BCUT2D eigenvalue weighted by Crippen LogP contribution is 2.39. The minimum absolute atomic E-state index is 0.180. The van der Waals surface area contributed by atoms with Crippen LogP contribution < -0.4 is 0 Å². The zero-order valence-corrected chi connectivity index (χ0v) is 15.2. The van der Waals surface area contributed by atoms with Gasteiger partial charge in [0.05, 0.1) is 5.75 Å². The van der Waals surface area contributed by atoms with Crippen LogP contribution in [0.1, 0.15) is 44.1 Å². The largest absolute Gasteiger partial charge is 0.264 e. The van der Waals surface area contributed by atoms with Gasteiger partial charge >= 0.3 is 0 Å². The first-order valence-electron chi connectivity index (χ1n) is 9.11. The van der Waals surface area contributed by atoms with Gasteiger partial charge in [-0.05, 0) is 49.7 Å². The molecule has 140 valence electrons. The van der Waals surface area contributed by atoms with Crippen molar-refractivity contribution in [1.82, 2.24) is 9.29 Å².